The molecule has 0 radical (unpaired) electrons. The lowest BCUT2D eigenvalue weighted by Gasteiger charge is -2.26. The molecule has 0 unspecified atom stereocenters. The molecule has 0 atom stereocenters. The summed E-state index contributed by atoms with van der Waals surface area (Å²) in [5.41, 5.74) is 2.78. The molecule has 3 nitrogen and oxygen atoms in total. The van der Waals surface area contributed by atoms with E-state index in [-0.39, 0.29) is 0 Å². The summed E-state index contributed by atoms with van der Waals surface area (Å²) in [6.07, 6.45) is 3.40. The maximum Gasteiger partial charge on any atom is 0.136 e. The van der Waals surface area contributed by atoms with Gasteiger partial charge in [0, 0.05) is 19.5 Å². The first-order valence-electron chi connectivity index (χ1n) is 7.07. The highest BCUT2D eigenvalue weighted by Gasteiger charge is 2.16. The van der Waals surface area contributed by atoms with Crippen LogP contribution in [0.3, 0.4) is 0 Å². The molecule has 0 amide bonds. The molecule has 4 heteroatoms. The molecule has 2 heterocycles. The van der Waals surface area contributed by atoms with E-state index in [0.29, 0.717) is 0 Å². The molecule has 19 heavy (non-hydrogen) atoms. The minimum atomic E-state index is 0.825. The van der Waals surface area contributed by atoms with Crippen LogP contribution in [0.4, 0.5) is 0 Å². The normalized spacial score (nSPS) is 19.2. The van der Waals surface area contributed by atoms with Gasteiger partial charge in [-0.1, -0.05) is 6.07 Å². The second-order valence-corrected chi connectivity index (χ2v) is 6.08. The molecule has 0 saturated carbocycles. The van der Waals surface area contributed by atoms with E-state index in [9.17, 15) is 0 Å². The Hall–Kier alpha value is -0.580. The maximum absolute atomic E-state index is 5.61. The van der Waals surface area contributed by atoms with Crippen LogP contribution >= 0.6 is 15.9 Å². The van der Waals surface area contributed by atoms with Crippen molar-refractivity contribution in [3.63, 3.8) is 0 Å². The van der Waals surface area contributed by atoms with E-state index in [2.05, 4.69) is 33.0 Å². The van der Waals surface area contributed by atoms with Crippen molar-refractivity contribution in [2.75, 3.05) is 39.5 Å². The number of hydrogen-bond acceptors (Lipinski definition) is 3. The van der Waals surface area contributed by atoms with Gasteiger partial charge in [0.2, 0.25) is 0 Å². The molecule has 0 aromatic heterocycles. The van der Waals surface area contributed by atoms with Gasteiger partial charge >= 0.3 is 0 Å². The van der Waals surface area contributed by atoms with Gasteiger partial charge in [0.15, 0.2) is 0 Å². The fourth-order valence-electron chi connectivity index (χ4n) is 2.80. The minimum Gasteiger partial charge on any atom is -0.492 e. The zero-order chi connectivity index (χ0) is 13.1. The summed E-state index contributed by atoms with van der Waals surface area (Å²) in [7, 11) is 0. The number of fused-ring (bicyclic) bond motifs is 1. The molecule has 1 saturated heterocycles. The van der Waals surface area contributed by atoms with Gasteiger partial charge in [-0.3, -0.25) is 4.90 Å². The maximum atomic E-state index is 5.61. The molecular formula is C15H20BrNO2. The van der Waals surface area contributed by atoms with Crippen LogP contribution in [0, 0.1) is 0 Å². The number of halogens is 1. The third-order valence-electron chi connectivity index (χ3n) is 3.84. The predicted molar refractivity (Wildman–Crippen MR) is 78.9 cm³/mol. The average molecular weight is 326 g/mol. The first kappa shape index (κ1) is 13.4. The molecule has 0 spiro atoms. The summed E-state index contributed by atoms with van der Waals surface area (Å²) in [6, 6.07) is 4.52. The van der Waals surface area contributed by atoms with Crippen molar-refractivity contribution in [2.45, 2.75) is 19.3 Å². The van der Waals surface area contributed by atoms with Crippen molar-refractivity contribution < 1.29 is 9.47 Å². The number of morpholine rings is 1. The number of nitrogens with zero attached hydrogens (tertiary/aromatic N) is 1. The van der Waals surface area contributed by atoms with Gasteiger partial charge in [-0.05, 0) is 52.5 Å². The second kappa shape index (κ2) is 6.25. The summed E-state index contributed by atoms with van der Waals surface area (Å²) in [5.74, 6) is 1.05. The average Bonchev–Trinajstić information content (AvgIpc) is 2.89. The van der Waals surface area contributed by atoms with Gasteiger partial charge in [-0.2, -0.15) is 0 Å². The molecule has 2 aliphatic rings. The molecule has 2 aliphatic heterocycles. The zero-order valence-corrected chi connectivity index (χ0v) is 12.7. The highest BCUT2D eigenvalue weighted by atomic mass is 79.9. The third-order valence-corrected chi connectivity index (χ3v) is 4.43. The summed E-state index contributed by atoms with van der Waals surface area (Å²) >= 11 is 3.61. The fourth-order valence-corrected chi connectivity index (χ4v) is 3.46. The first-order valence-corrected chi connectivity index (χ1v) is 7.86. The van der Waals surface area contributed by atoms with Crippen molar-refractivity contribution in [2.24, 2.45) is 0 Å². The summed E-state index contributed by atoms with van der Waals surface area (Å²) in [5, 5.41) is 0. The van der Waals surface area contributed by atoms with Gasteiger partial charge in [-0.15, -0.1) is 0 Å². The smallest absolute Gasteiger partial charge is 0.136 e. The molecule has 1 fully saturated rings. The standard InChI is InChI=1S/C15H20BrNO2/c16-14-11-12(10-13-3-7-19-15(13)14)2-1-4-17-5-8-18-9-6-17/h10-11H,1-9H2. The Balaban J connectivity index is 1.54. The number of rotatable bonds is 4. The quantitative estimate of drug-likeness (QED) is 0.849. The van der Waals surface area contributed by atoms with E-state index in [4.69, 9.17) is 9.47 Å². The Labute approximate surface area is 123 Å². The highest BCUT2D eigenvalue weighted by molar-refractivity contribution is 9.10. The number of aryl methyl sites for hydroxylation is 1. The van der Waals surface area contributed by atoms with Crippen LogP contribution in [-0.2, 0) is 17.6 Å². The SMILES string of the molecule is Brc1cc(CCCN2CCOCC2)cc2c1OCC2. The van der Waals surface area contributed by atoms with E-state index >= 15 is 0 Å². The van der Waals surface area contributed by atoms with Gasteiger partial charge in [0.05, 0.1) is 24.3 Å². The monoisotopic (exact) mass is 325 g/mol. The van der Waals surface area contributed by atoms with E-state index < -0.39 is 0 Å². The van der Waals surface area contributed by atoms with Crippen molar-refractivity contribution in [3.05, 3.63) is 27.7 Å². The van der Waals surface area contributed by atoms with Crippen LogP contribution in [0.15, 0.2) is 16.6 Å². The fraction of sp³-hybridized carbons (Fsp3) is 0.600. The van der Waals surface area contributed by atoms with Crippen LogP contribution in [0.25, 0.3) is 0 Å². The third kappa shape index (κ3) is 3.30. The van der Waals surface area contributed by atoms with Crippen molar-refractivity contribution in [1.29, 1.82) is 0 Å². The number of benzene rings is 1. The molecule has 1 aromatic rings. The van der Waals surface area contributed by atoms with Gasteiger partial charge < -0.3 is 9.47 Å². The minimum absolute atomic E-state index is 0.825. The molecule has 0 bridgehead atoms. The molecular weight excluding hydrogens is 306 g/mol. The lowest BCUT2D eigenvalue weighted by atomic mass is 10.0. The van der Waals surface area contributed by atoms with E-state index in [1.54, 1.807) is 0 Å². The van der Waals surface area contributed by atoms with Crippen LogP contribution in [0.2, 0.25) is 0 Å². The molecule has 0 N–H and O–H groups in total. The molecule has 0 aliphatic carbocycles. The zero-order valence-electron chi connectivity index (χ0n) is 11.2. The summed E-state index contributed by atoms with van der Waals surface area (Å²) < 4.78 is 12.1. The van der Waals surface area contributed by atoms with Crippen LogP contribution in [0.5, 0.6) is 5.75 Å². The van der Waals surface area contributed by atoms with Crippen LogP contribution in [0.1, 0.15) is 17.5 Å². The Bertz CT molecular complexity index is 444. The Kier molecular flexibility index (Phi) is 4.41. The highest BCUT2D eigenvalue weighted by Crippen LogP contribution is 2.35. The molecule has 1 aromatic carbocycles. The lowest BCUT2D eigenvalue weighted by molar-refractivity contribution is 0.0374. The predicted octanol–water partition coefficient (Wildman–Crippen LogP) is 2.65. The van der Waals surface area contributed by atoms with Gasteiger partial charge in [0.1, 0.15) is 5.75 Å². The molecule has 104 valence electrons. The van der Waals surface area contributed by atoms with Crippen molar-refractivity contribution in [1.82, 2.24) is 4.90 Å². The van der Waals surface area contributed by atoms with Crippen LogP contribution < -0.4 is 4.74 Å². The van der Waals surface area contributed by atoms with E-state index in [0.717, 1.165) is 56.0 Å². The van der Waals surface area contributed by atoms with E-state index in [1.807, 2.05) is 0 Å². The number of ether oxygens (including phenoxy) is 2. The summed E-state index contributed by atoms with van der Waals surface area (Å²) in [6.45, 7) is 5.95. The first-order chi connectivity index (χ1) is 9.33. The largest absolute Gasteiger partial charge is 0.492 e. The Morgan fingerprint density at radius 1 is 1.16 bits per heavy atom. The van der Waals surface area contributed by atoms with Gasteiger partial charge in [0.25, 0.3) is 0 Å². The lowest BCUT2D eigenvalue weighted by Crippen LogP contribution is -2.36. The number of hydrogen-bond donors (Lipinski definition) is 0. The van der Waals surface area contributed by atoms with Gasteiger partial charge in [-0.25, -0.2) is 0 Å². The van der Waals surface area contributed by atoms with E-state index in [1.165, 1.54) is 24.1 Å². The summed E-state index contributed by atoms with van der Waals surface area (Å²) in [4.78, 5) is 2.50. The molecule has 3 rings (SSSR count). The van der Waals surface area contributed by atoms with Crippen molar-refractivity contribution >= 4 is 15.9 Å². The van der Waals surface area contributed by atoms with Crippen molar-refractivity contribution in [3.8, 4) is 5.75 Å². The second-order valence-electron chi connectivity index (χ2n) is 5.22. The Morgan fingerprint density at radius 3 is 2.84 bits per heavy atom. The Morgan fingerprint density at radius 2 is 2.00 bits per heavy atom. The van der Waals surface area contributed by atoms with Crippen LogP contribution in [-0.4, -0.2) is 44.4 Å². The topological polar surface area (TPSA) is 21.7 Å².